The molecule has 0 atom stereocenters. The molecule has 0 unspecified atom stereocenters. The van der Waals surface area contributed by atoms with Crippen LogP contribution in [0.5, 0.6) is 0 Å². The molecule has 0 amide bonds. The Labute approximate surface area is 87.1 Å². The molecule has 0 rings (SSSR count). The van der Waals surface area contributed by atoms with Gasteiger partial charge in [-0.3, -0.25) is 0 Å². The number of hydrogen-bond donors (Lipinski definition) is 3. The van der Waals surface area contributed by atoms with E-state index in [1.807, 2.05) is 0 Å². The van der Waals surface area contributed by atoms with Crippen molar-refractivity contribution < 1.29 is 21.5 Å². The molecule has 0 aliphatic rings. The normalized spacial score (nSPS) is 11.6. The summed E-state index contributed by atoms with van der Waals surface area (Å²) in [5, 5.41) is 25.2. The van der Waals surface area contributed by atoms with Crippen molar-refractivity contribution in [2.24, 2.45) is 10.8 Å². The smallest absolute Gasteiger partial charge is 0.127 e. The first-order valence-corrected chi connectivity index (χ1v) is 4.53. The molecule has 0 bridgehead atoms. The fraction of sp³-hybridized carbons (Fsp3) is 0.900. The predicted octanol–water partition coefficient (Wildman–Crippen LogP) is 0.447. The Morgan fingerprint density at radius 3 is 1.36 bits per heavy atom. The van der Waals surface area contributed by atoms with E-state index in [1.165, 1.54) is 0 Å². The van der Waals surface area contributed by atoms with Crippen LogP contribution in [0.15, 0.2) is 0 Å². The van der Waals surface area contributed by atoms with Crippen molar-refractivity contribution in [2.75, 3.05) is 19.8 Å². The summed E-state index contributed by atoms with van der Waals surface area (Å²) < 4.78 is 0. The van der Waals surface area contributed by atoms with Gasteiger partial charge in [0, 0.05) is 12.3 Å². The second-order valence-corrected chi connectivity index (χ2v) is 4.74. The largest absolute Gasteiger partial charge is 0.396 e. The van der Waals surface area contributed by atoms with E-state index >= 15 is 0 Å². The first kappa shape index (κ1) is 16.0. The molecule has 0 fully saturated rings. The third-order valence-electron chi connectivity index (χ3n) is 1.58. The summed E-state index contributed by atoms with van der Waals surface area (Å²) in [6, 6.07) is 0. The van der Waals surface area contributed by atoms with Gasteiger partial charge in [-0.1, -0.05) is 27.7 Å². The third kappa shape index (κ3) is 9.64. The molecule has 0 spiro atoms. The molecule has 0 aliphatic heterocycles. The predicted molar refractivity (Wildman–Crippen MR) is 57.0 cm³/mol. The van der Waals surface area contributed by atoms with Gasteiger partial charge in [-0.2, -0.15) is 0 Å². The minimum Gasteiger partial charge on any atom is -0.396 e. The van der Waals surface area contributed by atoms with Crippen LogP contribution in [-0.2, 0) is 4.79 Å². The number of carbonyl (C=O) groups is 1. The molecular formula is C10H24O4. The molecule has 3 N–H and O–H groups in total. The quantitative estimate of drug-likeness (QED) is 0.586. The number of rotatable bonds is 4. The first-order chi connectivity index (χ1) is 6.24. The minimum atomic E-state index is -0.542. The summed E-state index contributed by atoms with van der Waals surface area (Å²) in [6.45, 7) is 6.98. The third-order valence-corrected chi connectivity index (χ3v) is 1.58. The fourth-order valence-electron chi connectivity index (χ4n) is 0.0873. The van der Waals surface area contributed by atoms with Crippen molar-refractivity contribution in [2.45, 2.75) is 27.7 Å². The molecule has 0 aromatic heterocycles. The van der Waals surface area contributed by atoms with E-state index in [2.05, 4.69) is 0 Å². The zero-order chi connectivity index (χ0) is 11.8. The maximum absolute atomic E-state index is 9.90. The Bertz CT molecular complexity index is 152. The molecule has 88 valence electrons. The van der Waals surface area contributed by atoms with Crippen molar-refractivity contribution in [3.05, 3.63) is 0 Å². The van der Waals surface area contributed by atoms with E-state index in [4.69, 9.17) is 15.3 Å². The summed E-state index contributed by atoms with van der Waals surface area (Å²) >= 11 is 0. The lowest BCUT2D eigenvalue weighted by Gasteiger charge is -2.16. The zero-order valence-corrected chi connectivity index (χ0v) is 9.45. The number of aliphatic hydroxyl groups excluding tert-OH is 3. The van der Waals surface area contributed by atoms with Crippen molar-refractivity contribution in [3.8, 4) is 0 Å². The fourth-order valence-corrected chi connectivity index (χ4v) is 0.0873. The standard InChI is InChI=1S/C5H12O2.C5H10O2.H2/c2*1-5(2,3-6)4-7;/h6-7H,3-4H2,1-2H3;3,7H,4H2,1-2H3;1H. The Balaban J connectivity index is -0.000000180. The van der Waals surface area contributed by atoms with Crippen LogP contribution in [0, 0.1) is 10.8 Å². The van der Waals surface area contributed by atoms with Crippen LogP contribution in [0.1, 0.15) is 29.1 Å². The number of carbonyl (C=O) groups excluding carboxylic acids is 1. The molecule has 0 aromatic carbocycles. The lowest BCUT2D eigenvalue weighted by Crippen LogP contribution is -2.20. The van der Waals surface area contributed by atoms with Gasteiger partial charge in [0.2, 0.25) is 0 Å². The van der Waals surface area contributed by atoms with Gasteiger partial charge in [-0.25, -0.2) is 0 Å². The molecule has 14 heavy (non-hydrogen) atoms. The van der Waals surface area contributed by atoms with Crippen LogP contribution in [0.3, 0.4) is 0 Å². The van der Waals surface area contributed by atoms with Crippen molar-refractivity contribution in [1.82, 2.24) is 0 Å². The monoisotopic (exact) mass is 208 g/mol. The van der Waals surface area contributed by atoms with Gasteiger partial charge < -0.3 is 20.1 Å². The van der Waals surface area contributed by atoms with Crippen molar-refractivity contribution in [3.63, 3.8) is 0 Å². The van der Waals surface area contributed by atoms with Crippen molar-refractivity contribution in [1.29, 1.82) is 0 Å². The average molecular weight is 208 g/mol. The van der Waals surface area contributed by atoms with Gasteiger partial charge in [0.25, 0.3) is 0 Å². The highest BCUT2D eigenvalue weighted by molar-refractivity contribution is 5.57. The minimum absolute atomic E-state index is 0. The van der Waals surface area contributed by atoms with Crippen LogP contribution in [0.4, 0.5) is 0 Å². The van der Waals surface area contributed by atoms with Crippen LogP contribution >= 0.6 is 0 Å². The Hall–Kier alpha value is -0.450. The SMILES string of the molecule is CC(C)(C=O)CO.CC(C)(CO)CO.[HH]. The molecular weight excluding hydrogens is 184 g/mol. The van der Waals surface area contributed by atoms with Crippen LogP contribution in [0.25, 0.3) is 0 Å². The van der Waals surface area contributed by atoms with E-state index in [-0.39, 0.29) is 26.7 Å². The van der Waals surface area contributed by atoms with Crippen LogP contribution < -0.4 is 0 Å². The number of hydrogen-bond acceptors (Lipinski definition) is 4. The topological polar surface area (TPSA) is 77.8 Å². The Morgan fingerprint density at radius 1 is 1.00 bits per heavy atom. The molecule has 4 nitrogen and oxygen atoms in total. The zero-order valence-electron chi connectivity index (χ0n) is 9.45. The molecule has 0 saturated carbocycles. The highest BCUT2D eigenvalue weighted by Gasteiger charge is 2.13. The Kier molecular flexibility index (Phi) is 7.91. The van der Waals surface area contributed by atoms with E-state index in [0.717, 1.165) is 6.29 Å². The van der Waals surface area contributed by atoms with Gasteiger partial charge >= 0.3 is 0 Å². The van der Waals surface area contributed by atoms with E-state index in [0.29, 0.717) is 0 Å². The second kappa shape index (κ2) is 6.92. The van der Waals surface area contributed by atoms with Gasteiger partial charge in [0.1, 0.15) is 6.29 Å². The maximum Gasteiger partial charge on any atom is 0.127 e. The van der Waals surface area contributed by atoms with E-state index < -0.39 is 5.41 Å². The van der Waals surface area contributed by atoms with E-state index in [9.17, 15) is 4.79 Å². The number of aliphatic hydroxyl groups is 3. The molecule has 0 radical (unpaired) electrons. The maximum atomic E-state index is 9.90. The second-order valence-electron chi connectivity index (χ2n) is 4.74. The molecule has 0 heterocycles. The molecule has 0 aliphatic carbocycles. The van der Waals surface area contributed by atoms with Crippen LogP contribution in [0.2, 0.25) is 0 Å². The number of aldehydes is 1. The summed E-state index contributed by atoms with van der Waals surface area (Å²) in [5.74, 6) is 0. The lowest BCUT2D eigenvalue weighted by molar-refractivity contribution is -0.116. The Morgan fingerprint density at radius 2 is 1.36 bits per heavy atom. The first-order valence-electron chi connectivity index (χ1n) is 4.53. The highest BCUT2D eigenvalue weighted by atomic mass is 16.3. The van der Waals surface area contributed by atoms with Gasteiger partial charge in [-0.05, 0) is 0 Å². The summed E-state index contributed by atoms with van der Waals surface area (Å²) in [4.78, 5) is 9.90. The molecule has 4 heteroatoms. The van der Waals surface area contributed by atoms with Gasteiger partial charge in [0.05, 0.1) is 19.8 Å². The van der Waals surface area contributed by atoms with Crippen LogP contribution in [-0.4, -0.2) is 41.4 Å². The average Bonchev–Trinajstić information content (AvgIpc) is 2.19. The molecule has 0 aromatic rings. The van der Waals surface area contributed by atoms with Gasteiger partial charge in [0.15, 0.2) is 0 Å². The highest BCUT2D eigenvalue weighted by Crippen LogP contribution is 2.10. The van der Waals surface area contributed by atoms with Crippen molar-refractivity contribution >= 4 is 6.29 Å². The van der Waals surface area contributed by atoms with Gasteiger partial charge in [-0.15, -0.1) is 0 Å². The molecule has 0 saturated heterocycles. The summed E-state index contributed by atoms with van der Waals surface area (Å²) in [7, 11) is 0. The van der Waals surface area contributed by atoms with E-state index in [1.54, 1.807) is 27.7 Å². The lowest BCUT2D eigenvalue weighted by atomic mass is 9.97. The summed E-state index contributed by atoms with van der Waals surface area (Å²) in [6.07, 6.45) is 0.743. The summed E-state index contributed by atoms with van der Waals surface area (Å²) in [5.41, 5.74) is -0.847.